The van der Waals surface area contributed by atoms with Crippen LogP contribution in [0.3, 0.4) is 0 Å². The highest BCUT2D eigenvalue weighted by molar-refractivity contribution is 7.18. The van der Waals surface area contributed by atoms with Gasteiger partial charge in [0.2, 0.25) is 5.91 Å². The molecule has 9 nitrogen and oxygen atoms in total. The van der Waals surface area contributed by atoms with Crippen molar-refractivity contribution >= 4 is 38.4 Å². The molecule has 4 aromatic rings. The van der Waals surface area contributed by atoms with Gasteiger partial charge in [-0.3, -0.25) is 29.4 Å². The molecule has 4 heterocycles. The molecule has 1 aliphatic rings. The topological polar surface area (TPSA) is 128 Å². The number of nitrogens with zero attached hydrogens (tertiary/aromatic N) is 2. The molecule has 0 spiro atoms. The number of H-pyrrole nitrogens is 2. The van der Waals surface area contributed by atoms with Crippen LogP contribution in [0.5, 0.6) is 0 Å². The molecule has 3 atom stereocenters. The van der Waals surface area contributed by atoms with Gasteiger partial charge >= 0.3 is 5.69 Å². The largest absolute Gasteiger partial charge is 0.389 e. The maximum absolute atomic E-state index is 12.9. The van der Waals surface area contributed by atoms with Gasteiger partial charge in [0.15, 0.2) is 0 Å². The Morgan fingerprint density at radius 2 is 2.06 bits per heavy atom. The fourth-order valence-corrected chi connectivity index (χ4v) is 5.82. The highest BCUT2D eigenvalue weighted by atomic mass is 32.1. The molecule has 3 aromatic heterocycles. The van der Waals surface area contributed by atoms with Crippen LogP contribution in [-0.4, -0.2) is 50.3 Å². The summed E-state index contributed by atoms with van der Waals surface area (Å²) >= 11 is 1.39. The summed E-state index contributed by atoms with van der Waals surface area (Å²) in [6.07, 6.45) is 2.12. The van der Waals surface area contributed by atoms with Crippen molar-refractivity contribution in [1.29, 1.82) is 0 Å². The van der Waals surface area contributed by atoms with Crippen molar-refractivity contribution < 1.29 is 14.7 Å². The zero-order valence-corrected chi connectivity index (χ0v) is 20.2. The van der Waals surface area contributed by atoms with E-state index in [0.29, 0.717) is 23.1 Å². The quantitative estimate of drug-likeness (QED) is 0.378. The molecule has 35 heavy (non-hydrogen) atoms. The maximum Gasteiger partial charge on any atom is 0.326 e. The molecule has 1 saturated heterocycles. The van der Waals surface area contributed by atoms with Gasteiger partial charge in [-0.2, -0.15) is 0 Å². The smallest absolute Gasteiger partial charge is 0.326 e. The predicted octanol–water partition coefficient (Wildman–Crippen LogP) is 2.37. The highest BCUT2D eigenvalue weighted by Crippen LogP contribution is 2.34. The molecule has 0 aliphatic carbocycles. The molecular formula is C25H26N4O5S. The molecule has 1 aromatic carbocycles. The van der Waals surface area contributed by atoms with E-state index < -0.39 is 23.3 Å². The number of pyridine rings is 1. The maximum atomic E-state index is 12.9. The molecule has 10 heteroatoms. The van der Waals surface area contributed by atoms with E-state index in [1.807, 2.05) is 44.2 Å². The number of aromatic amines is 2. The Kier molecular flexibility index (Phi) is 6.26. The lowest BCUT2D eigenvalue weighted by molar-refractivity contribution is -0.174. The van der Waals surface area contributed by atoms with Crippen molar-refractivity contribution in [1.82, 2.24) is 20.0 Å². The number of carbonyl (C=O) groups is 1. The number of aliphatic hydroxyl groups excluding tert-OH is 1. The van der Waals surface area contributed by atoms with Crippen LogP contribution in [0.15, 0.2) is 46.1 Å². The number of aromatic nitrogens is 3. The lowest BCUT2D eigenvalue weighted by Gasteiger charge is -2.24. The summed E-state index contributed by atoms with van der Waals surface area (Å²) < 4.78 is 0. The van der Waals surface area contributed by atoms with Gasteiger partial charge in [0.1, 0.15) is 11.4 Å². The van der Waals surface area contributed by atoms with E-state index in [4.69, 9.17) is 4.84 Å². The molecule has 182 valence electrons. The molecule has 0 saturated carbocycles. The lowest BCUT2D eigenvalue weighted by Crippen LogP contribution is -2.36. The number of hydrogen-bond donors (Lipinski definition) is 3. The summed E-state index contributed by atoms with van der Waals surface area (Å²) in [6.45, 7) is 4.05. The van der Waals surface area contributed by atoms with Gasteiger partial charge in [-0.1, -0.05) is 32.0 Å². The monoisotopic (exact) mass is 494 g/mol. The Bertz CT molecular complexity index is 1520. The predicted molar refractivity (Wildman–Crippen MR) is 133 cm³/mol. The van der Waals surface area contributed by atoms with E-state index in [0.717, 1.165) is 26.9 Å². The second-order valence-corrected chi connectivity index (χ2v) is 10.2. The third kappa shape index (κ3) is 4.52. The van der Waals surface area contributed by atoms with Crippen LogP contribution in [-0.2, 0) is 22.5 Å². The number of aliphatic hydroxyl groups is 1. The van der Waals surface area contributed by atoms with Crippen molar-refractivity contribution in [3.63, 3.8) is 0 Å². The summed E-state index contributed by atoms with van der Waals surface area (Å²) in [6, 6.07) is 9.85. The van der Waals surface area contributed by atoms with Crippen LogP contribution in [0.1, 0.15) is 29.9 Å². The number of β-amino-alcohol motifs (C(OH)–C–C–N with tert-alkyl or cyclic N) is 1. The molecule has 3 N–H and O–H groups in total. The van der Waals surface area contributed by atoms with E-state index in [1.54, 1.807) is 6.20 Å². The number of para-hydroxylation sites is 1. The number of benzene rings is 1. The van der Waals surface area contributed by atoms with Crippen molar-refractivity contribution in [3.8, 4) is 0 Å². The van der Waals surface area contributed by atoms with E-state index >= 15 is 0 Å². The second-order valence-electron chi connectivity index (χ2n) is 9.10. The zero-order chi connectivity index (χ0) is 24.7. The van der Waals surface area contributed by atoms with E-state index in [1.165, 1.54) is 16.4 Å². The van der Waals surface area contributed by atoms with Gasteiger partial charge < -0.3 is 5.11 Å². The summed E-state index contributed by atoms with van der Waals surface area (Å²) in [4.78, 5) is 54.1. The summed E-state index contributed by atoms with van der Waals surface area (Å²) in [7, 11) is 0. The Labute approximate surface area is 204 Å². The van der Waals surface area contributed by atoms with Gasteiger partial charge in [0, 0.05) is 28.8 Å². The van der Waals surface area contributed by atoms with Crippen LogP contribution in [0, 0.1) is 11.8 Å². The molecule has 1 amide bonds. The van der Waals surface area contributed by atoms with Gasteiger partial charge in [-0.25, -0.2) is 9.86 Å². The molecule has 1 fully saturated rings. The lowest BCUT2D eigenvalue weighted by atomic mass is 9.87. The minimum absolute atomic E-state index is 0.106. The van der Waals surface area contributed by atoms with E-state index in [9.17, 15) is 19.5 Å². The number of rotatable bonds is 6. The normalized spacial score (nSPS) is 17.8. The number of hydroxylamine groups is 2. The number of nitrogens with one attached hydrogen (secondary N) is 2. The molecular weight excluding hydrogens is 468 g/mol. The van der Waals surface area contributed by atoms with E-state index in [-0.39, 0.29) is 25.0 Å². The molecule has 5 rings (SSSR count). The van der Waals surface area contributed by atoms with Gasteiger partial charge in [-0.15, -0.1) is 11.3 Å². The average Bonchev–Trinajstić information content (AvgIpc) is 3.41. The van der Waals surface area contributed by atoms with Crippen molar-refractivity contribution in [3.05, 3.63) is 73.4 Å². The zero-order valence-electron chi connectivity index (χ0n) is 19.4. The first kappa shape index (κ1) is 23.4. The van der Waals surface area contributed by atoms with Crippen molar-refractivity contribution in [2.75, 3.05) is 13.2 Å². The number of fused-ring (bicyclic) bond motifs is 2. The Hall–Kier alpha value is -3.34. The van der Waals surface area contributed by atoms with Crippen LogP contribution in [0.2, 0.25) is 0 Å². The minimum atomic E-state index is -0.681. The first-order chi connectivity index (χ1) is 16.8. The second kappa shape index (κ2) is 9.37. The molecule has 1 aliphatic heterocycles. The van der Waals surface area contributed by atoms with Crippen LogP contribution in [0.25, 0.3) is 21.1 Å². The average molecular weight is 495 g/mol. The third-order valence-electron chi connectivity index (χ3n) is 6.68. The van der Waals surface area contributed by atoms with Crippen molar-refractivity contribution in [2.45, 2.75) is 32.8 Å². The highest BCUT2D eigenvalue weighted by Gasteiger charge is 2.32. The van der Waals surface area contributed by atoms with Crippen LogP contribution in [0.4, 0.5) is 0 Å². The SMILES string of the molecule is CC(Cc1c(Cc2ccnc3ccccc23)sc2[nH]c(=O)[nH]c(=O)c12)C(C)C(=O)N1CC(O)CO1. The Morgan fingerprint density at radius 1 is 1.26 bits per heavy atom. The molecule has 0 bridgehead atoms. The minimum Gasteiger partial charge on any atom is -0.389 e. The van der Waals surface area contributed by atoms with Gasteiger partial charge in [0.05, 0.1) is 23.6 Å². The molecule has 0 radical (unpaired) electrons. The summed E-state index contributed by atoms with van der Waals surface area (Å²) in [5.74, 6) is -0.717. The van der Waals surface area contributed by atoms with Gasteiger partial charge in [0.25, 0.3) is 5.56 Å². The first-order valence-corrected chi connectivity index (χ1v) is 12.3. The Balaban J connectivity index is 1.52. The van der Waals surface area contributed by atoms with E-state index in [2.05, 4.69) is 15.0 Å². The van der Waals surface area contributed by atoms with Crippen molar-refractivity contribution in [2.24, 2.45) is 11.8 Å². The molecule has 3 unspecified atom stereocenters. The van der Waals surface area contributed by atoms with Crippen LogP contribution >= 0.6 is 11.3 Å². The third-order valence-corrected chi connectivity index (χ3v) is 7.82. The number of amides is 1. The standard InChI is InChI=1S/C25H26N4O5S/c1-13(14(2)24(32)29-11-16(30)12-34-29)9-18-20(35-23-21(18)22(31)27-25(33)28-23)10-15-7-8-26-19-6-4-3-5-17(15)19/h3-8,13-14,16,30H,9-12H2,1-2H3,(H2,27,28,31,33). The number of thiophene rings is 1. The summed E-state index contributed by atoms with van der Waals surface area (Å²) in [5, 5.41) is 12.4. The Morgan fingerprint density at radius 3 is 2.83 bits per heavy atom. The number of hydrogen-bond acceptors (Lipinski definition) is 7. The fraction of sp³-hybridized carbons (Fsp3) is 0.360. The first-order valence-electron chi connectivity index (χ1n) is 11.5. The van der Waals surface area contributed by atoms with Crippen LogP contribution < -0.4 is 11.2 Å². The van der Waals surface area contributed by atoms with Gasteiger partial charge in [-0.05, 0) is 35.6 Å². The summed E-state index contributed by atoms with van der Waals surface area (Å²) in [5.41, 5.74) is 1.81. The fourth-order valence-electron chi connectivity index (χ4n) is 4.58. The number of carbonyl (C=O) groups excluding carboxylic acids is 1.